The van der Waals surface area contributed by atoms with Gasteiger partial charge in [0.1, 0.15) is 12.2 Å². The molecule has 0 aromatic rings. The summed E-state index contributed by atoms with van der Waals surface area (Å²) in [4.78, 5) is 31.0. The van der Waals surface area contributed by atoms with Gasteiger partial charge >= 0.3 is 11.9 Å². The van der Waals surface area contributed by atoms with E-state index >= 15 is 0 Å². The first-order valence-electron chi connectivity index (χ1n) is 2.50. The summed E-state index contributed by atoms with van der Waals surface area (Å²) in [6, 6.07) is 0. The Hall–Kier alpha value is -1.86. The Morgan fingerprint density at radius 2 is 2.23 bits per heavy atom. The molecule has 0 aromatic carbocycles. The van der Waals surface area contributed by atoms with E-state index in [1.54, 1.807) is 0 Å². The van der Waals surface area contributed by atoms with E-state index in [2.05, 4.69) is 9.32 Å². The lowest BCUT2D eigenvalue weighted by Gasteiger charge is -1.99. The Morgan fingerprint density at radius 1 is 1.69 bits per heavy atom. The molecule has 0 atom stereocenters. The molecule has 0 aliphatic heterocycles. The number of carbonyl (C=O) groups is 2. The van der Waals surface area contributed by atoms with Gasteiger partial charge in [-0.05, 0) is 0 Å². The molecule has 0 saturated carbocycles. The summed E-state index contributed by atoms with van der Waals surface area (Å²) in [7, 11) is 0. The van der Waals surface area contributed by atoms with Crippen molar-refractivity contribution in [2.24, 2.45) is 5.14 Å². The summed E-state index contributed by atoms with van der Waals surface area (Å²) in [6.45, 7) is 0. The Kier molecular flexibility index (Phi) is 4.20. The van der Waals surface area contributed by atoms with E-state index in [4.69, 9.17) is 5.26 Å². The van der Waals surface area contributed by atoms with Crippen LogP contribution in [0.5, 0.6) is 0 Å². The zero-order valence-corrected chi connectivity index (χ0v) is 6.68. The number of carbonyl (C=O) groups excluding carboxylic acids is 2. The molecule has 0 rings (SSSR count). The second-order valence-electron chi connectivity index (χ2n) is 1.42. The maximum absolute atomic E-state index is 10.6. The van der Waals surface area contributed by atoms with Gasteiger partial charge in [-0.15, -0.1) is 0 Å². The third kappa shape index (κ3) is 2.93. The van der Waals surface area contributed by atoms with Gasteiger partial charge in [-0.2, -0.15) is 5.26 Å². The normalized spacial score (nSPS) is 8.31. The van der Waals surface area contributed by atoms with Crippen LogP contribution in [0.3, 0.4) is 0 Å². The first-order chi connectivity index (χ1) is 6.04. The second-order valence-corrected chi connectivity index (χ2v) is 1.78. The van der Waals surface area contributed by atoms with Crippen LogP contribution < -0.4 is 5.14 Å². The highest BCUT2D eigenvalue weighted by atomic mass is 32.2. The number of hydrogen-bond donors (Lipinski definition) is 1. The topological polar surface area (TPSA) is 140 Å². The molecule has 2 N–H and O–H groups in total. The molecular weight excluding hydrogens is 204 g/mol. The summed E-state index contributed by atoms with van der Waals surface area (Å²) in [5.74, 6) is -3.31. The van der Waals surface area contributed by atoms with Crippen LogP contribution in [0.1, 0.15) is 0 Å². The first-order valence-corrected chi connectivity index (χ1v) is 3.31. The summed E-state index contributed by atoms with van der Waals surface area (Å²) in [6.07, 6.45) is 0.874. The summed E-state index contributed by atoms with van der Waals surface area (Å²) in [5.41, 5.74) is 0. The predicted molar refractivity (Wildman–Crippen MR) is 37.3 cm³/mol. The van der Waals surface area contributed by atoms with Crippen molar-refractivity contribution in [2.75, 3.05) is 0 Å². The zero-order valence-electron chi connectivity index (χ0n) is 5.87. The van der Waals surface area contributed by atoms with Crippen molar-refractivity contribution < 1.29 is 18.8 Å². The van der Waals surface area contributed by atoms with E-state index < -0.39 is 21.9 Å². The van der Waals surface area contributed by atoms with Crippen LogP contribution in [-0.2, 0) is 13.8 Å². The Bertz CT molecular complexity index is 284. The van der Waals surface area contributed by atoms with Crippen molar-refractivity contribution in [1.29, 1.82) is 5.26 Å². The highest BCUT2D eigenvalue weighted by Gasteiger charge is 2.33. The van der Waals surface area contributed by atoms with Crippen LogP contribution in [0.2, 0.25) is 0 Å². The van der Waals surface area contributed by atoms with Gasteiger partial charge in [0.15, 0.2) is 5.03 Å². The number of rotatable bonds is 2. The van der Waals surface area contributed by atoms with E-state index in [0.29, 0.717) is 0 Å². The number of hydrazine groups is 1. The van der Waals surface area contributed by atoms with Crippen molar-refractivity contribution in [3.8, 4) is 6.19 Å². The van der Waals surface area contributed by atoms with Crippen LogP contribution in [0.4, 0.5) is 0 Å². The lowest BCUT2D eigenvalue weighted by Crippen LogP contribution is -2.37. The molecule has 0 heterocycles. The summed E-state index contributed by atoms with van der Waals surface area (Å²) < 4.78 is 3.85. The highest BCUT2D eigenvalue weighted by Crippen LogP contribution is 1.96. The highest BCUT2D eigenvalue weighted by molar-refractivity contribution is 7.92. The quantitative estimate of drug-likeness (QED) is 0.110. The number of amides is 1. The third-order valence-electron chi connectivity index (χ3n) is 0.749. The lowest BCUT2D eigenvalue weighted by atomic mass is 10.6. The van der Waals surface area contributed by atoms with Gasteiger partial charge < -0.3 is 4.18 Å². The molecule has 1 amide bonds. The number of nitriles is 1. The number of nitrogens with zero attached hydrogens (tertiary/aromatic N) is 3. The Balaban J connectivity index is 4.49. The van der Waals surface area contributed by atoms with Crippen molar-refractivity contribution in [3.05, 3.63) is 10.1 Å². The van der Waals surface area contributed by atoms with E-state index in [-0.39, 0.29) is 12.2 Å². The van der Waals surface area contributed by atoms with E-state index in [1.807, 2.05) is 0 Å². The molecule has 0 aliphatic carbocycles. The molecule has 0 saturated heterocycles. The fourth-order valence-electron chi connectivity index (χ4n) is 0.322. The molecule has 10 heteroatoms. The van der Waals surface area contributed by atoms with Gasteiger partial charge in [-0.1, -0.05) is 0 Å². The van der Waals surface area contributed by atoms with Crippen LogP contribution >= 0.6 is 12.2 Å². The lowest BCUT2D eigenvalue weighted by molar-refractivity contribution is -0.614. The number of nitro groups is 1. The van der Waals surface area contributed by atoms with Crippen molar-refractivity contribution in [1.82, 2.24) is 5.01 Å². The molecule has 0 radical (unpaired) electrons. The molecular formula is C3H2N4O5S. The van der Waals surface area contributed by atoms with Crippen LogP contribution in [-0.4, -0.2) is 21.9 Å². The second kappa shape index (κ2) is 4.91. The molecule has 0 aliphatic rings. The number of nitrogens with two attached hydrogens (primary N) is 1. The van der Waals surface area contributed by atoms with E-state index in [0.717, 1.165) is 6.19 Å². The molecule has 0 aromatic heterocycles. The third-order valence-corrected chi connectivity index (χ3v) is 0.996. The van der Waals surface area contributed by atoms with Gasteiger partial charge in [-0.25, -0.2) is 20.0 Å². The first kappa shape index (κ1) is 11.1. The smallest absolute Gasteiger partial charge is 0.367 e. The molecule has 0 spiro atoms. The summed E-state index contributed by atoms with van der Waals surface area (Å²) >= 11 is 0.0486. The maximum Gasteiger partial charge on any atom is 0.417 e. The molecule has 0 unspecified atom stereocenters. The minimum absolute atomic E-state index is 0.0486. The van der Waals surface area contributed by atoms with Gasteiger partial charge in [0.05, 0.1) is 5.01 Å². The SMILES string of the molecule is N#CN(C(=O)C(=O)OSN)[N+](=O)[O-]. The standard InChI is InChI=1S/C3H2N4O5S/c4-1-6(7(10)11)2(8)3(9)12-13-5/h5H2. The minimum Gasteiger partial charge on any atom is -0.367 e. The molecule has 70 valence electrons. The molecule has 0 bridgehead atoms. The average molecular weight is 206 g/mol. The van der Waals surface area contributed by atoms with Crippen LogP contribution in [0, 0.1) is 21.6 Å². The van der Waals surface area contributed by atoms with E-state index in [1.165, 1.54) is 0 Å². The summed E-state index contributed by atoms with van der Waals surface area (Å²) in [5, 5.41) is 20.7. The van der Waals surface area contributed by atoms with Gasteiger partial charge in [-0.3, -0.25) is 4.79 Å². The van der Waals surface area contributed by atoms with Gasteiger partial charge in [0.25, 0.3) is 6.19 Å². The predicted octanol–water partition coefficient (Wildman–Crippen LogP) is -1.45. The maximum atomic E-state index is 10.6. The van der Waals surface area contributed by atoms with E-state index in [9.17, 15) is 19.7 Å². The van der Waals surface area contributed by atoms with Crippen LogP contribution in [0.15, 0.2) is 0 Å². The fourth-order valence-corrected chi connectivity index (χ4v) is 0.481. The monoisotopic (exact) mass is 206 g/mol. The van der Waals surface area contributed by atoms with Crippen molar-refractivity contribution >= 4 is 24.1 Å². The average Bonchev–Trinajstić information content (AvgIpc) is 2.05. The van der Waals surface area contributed by atoms with Gasteiger partial charge in [0, 0.05) is 0 Å². The van der Waals surface area contributed by atoms with Gasteiger partial charge in [0.2, 0.25) is 0 Å². The molecule has 13 heavy (non-hydrogen) atoms. The number of hydrogen-bond acceptors (Lipinski definition) is 8. The minimum atomic E-state index is -1.72. The molecule has 0 fully saturated rings. The largest absolute Gasteiger partial charge is 0.417 e. The Morgan fingerprint density at radius 3 is 2.54 bits per heavy atom. The molecule has 9 nitrogen and oxygen atoms in total. The van der Waals surface area contributed by atoms with Crippen LogP contribution in [0.25, 0.3) is 0 Å². The van der Waals surface area contributed by atoms with Crippen molar-refractivity contribution in [3.63, 3.8) is 0 Å². The Labute approximate surface area is 75.5 Å². The zero-order chi connectivity index (χ0) is 10.4. The van der Waals surface area contributed by atoms with Crippen molar-refractivity contribution in [2.45, 2.75) is 0 Å². The fraction of sp³-hybridized carbons (Fsp3) is 0.